The Hall–Kier alpha value is -1.32. The maximum atomic E-state index is 6.47. The second-order valence-corrected chi connectivity index (χ2v) is 8.89. The summed E-state index contributed by atoms with van der Waals surface area (Å²) in [5.74, 6) is 0.879. The smallest absolute Gasteiger partial charge is 0.0456 e. The van der Waals surface area contributed by atoms with Crippen LogP contribution in [-0.4, -0.2) is 23.6 Å². The first-order chi connectivity index (χ1) is 11.4. The fourth-order valence-corrected chi connectivity index (χ4v) is 5.46. The molecule has 0 spiro atoms. The van der Waals surface area contributed by atoms with Gasteiger partial charge < -0.3 is 16.0 Å². The molecule has 2 fully saturated rings. The third kappa shape index (κ3) is 2.33. The first-order valence-electron chi connectivity index (χ1n) is 9.46. The Morgan fingerprint density at radius 2 is 2.08 bits per heavy atom. The van der Waals surface area contributed by atoms with Gasteiger partial charge in [0, 0.05) is 35.7 Å². The molecule has 2 bridgehead atoms. The van der Waals surface area contributed by atoms with Gasteiger partial charge in [-0.1, -0.05) is 39.0 Å². The zero-order valence-corrected chi connectivity index (χ0v) is 15.2. The second-order valence-electron chi connectivity index (χ2n) is 8.89. The molecule has 0 unspecified atom stereocenters. The van der Waals surface area contributed by atoms with E-state index in [9.17, 15) is 0 Å². The van der Waals surface area contributed by atoms with E-state index in [0.717, 1.165) is 18.9 Å². The Bertz CT molecular complexity index is 732. The maximum Gasteiger partial charge on any atom is 0.0456 e. The minimum atomic E-state index is 0.162. The SMILES string of the molecule is CC1(C)[C@@H]2CC[C@@]1(C)[C@@H](NC[C@@H](N)Cc1c[nH]c3ccccc13)C2. The number of para-hydroxylation sites is 1. The van der Waals surface area contributed by atoms with E-state index in [2.05, 4.69) is 61.5 Å². The van der Waals surface area contributed by atoms with Crippen LogP contribution in [0.5, 0.6) is 0 Å². The zero-order valence-electron chi connectivity index (χ0n) is 15.2. The topological polar surface area (TPSA) is 53.8 Å². The normalized spacial score (nSPS) is 32.5. The summed E-state index contributed by atoms with van der Waals surface area (Å²) in [6.45, 7) is 8.34. The number of hydrogen-bond donors (Lipinski definition) is 3. The van der Waals surface area contributed by atoms with Gasteiger partial charge in [0.05, 0.1) is 0 Å². The molecule has 4 N–H and O–H groups in total. The predicted octanol–water partition coefficient (Wildman–Crippen LogP) is 3.84. The van der Waals surface area contributed by atoms with Gasteiger partial charge >= 0.3 is 0 Å². The van der Waals surface area contributed by atoms with Gasteiger partial charge in [-0.2, -0.15) is 0 Å². The molecule has 0 amide bonds. The molecule has 2 saturated carbocycles. The molecule has 3 heteroatoms. The summed E-state index contributed by atoms with van der Waals surface area (Å²) in [5, 5.41) is 5.14. The molecule has 1 aromatic heterocycles. The number of benzene rings is 1. The molecule has 3 nitrogen and oxygen atoms in total. The molecule has 2 aromatic rings. The summed E-state index contributed by atoms with van der Waals surface area (Å²) < 4.78 is 0. The van der Waals surface area contributed by atoms with Crippen LogP contribution in [0.2, 0.25) is 0 Å². The molecule has 0 saturated heterocycles. The molecule has 4 rings (SSSR count). The predicted molar refractivity (Wildman–Crippen MR) is 101 cm³/mol. The number of aromatic nitrogens is 1. The van der Waals surface area contributed by atoms with E-state index in [-0.39, 0.29) is 6.04 Å². The van der Waals surface area contributed by atoms with Crippen molar-refractivity contribution in [3.8, 4) is 0 Å². The lowest BCUT2D eigenvalue weighted by Crippen LogP contribution is -2.48. The fourth-order valence-electron chi connectivity index (χ4n) is 5.46. The van der Waals surface area contributed by atoms with Crippen LogP contribution < -0.4 is 11.1 Å². The van der Waals surface area contributed by atoms with Crippen molar-refractivity contribution in [2.75, 3.05) is 6.54 Å². The molecule has 2 aliphatic rings. The number of hydrogen-bond acceptors (Lipinski definition) is 2. The average molecular weight is 326 g/mol. The monoisotopic (exact) mass is 325 g/mol. The fraction of sp³-hybridized carbons (Fsp3) is 0.619. The Labute approximate surface area is 145 Å². The number of aromatic amines is 1. The van der Waals surface area contributed by atoms with E-state index < -0.39 is 0 Å². The van der Waals surface area contributed by atoms with Gasteiger partial charge in [0.15, 0.2) is 0 Å². The van der Waals surface area contributed by atoms with Crippen molar-refractivity contribution in [2.45, 2.75) is 58.5 Å². The Morgan fingerprint density at radius 3 is 2.79 bits per heavy atom. The van der Waals surface area contributed by atoms with Crippen molar-refractivity contribution >= 4 is 10.9 Å². The number of nitrogens with one attached hydrogen (secondary N) is 2. The summed E-state index contributed by atoms with van der Waals surface area (Å²) in [4.78, 5) is 3.35. The quantitative estimate of drug-likeness (QED) is 0.782. The zero-order chi connectivity index (χ0) is 16.9. The highest BCUT2D eigenvalue weighted by Crippen LogP contribution is 2.65. The minimum absolute atomic E-state index is 0.162. The standard InChI is InChI=1S/C21H31N3/c1-20(2)15-8-9-21(20,3)19(11-15)24-13-16(22)10-14-12-23-18-7-5-4-6-17(14)18/h4-7,12,15-16,19,23-24H,8-11,13,22H2,1-3H3/t15-,16+,19+,21+/m1/s1. The van der Waals surface area contributed by atoms with Gasteiger partial charge in [-0.15, -0.1) is 0 Å². The van der Waals surface area contributed by atoms with E-state index in [1.165, 1.54) is 35.7 Å². The molecule has 1 heterocycles. The molecule has 4 atom stereocenters. The van der Waals surface area contributed by atoms with Gasteiger partial charge in [-0.25, -0.2) is 0 Å². The van der Waals surface area contributed by atoms with Crippen molar-refractivity contribution in [2.24, 2.45) is 22.5 Å². The highest BCUT2D eigenvalue weighted by atomic mass is 15.0. The molecule has 24 heavy (non-hydrogen) atoms. The third-order valence-electron chi connectivity index (χ3n) is 7.58. The lowest BCUT2D eigenvalue weighted by atomic mass is 9.69. The average Bonchev–Trinajstić information content (AvgIpc) is 3.12. The first-order valence-corrected chi connectivity index (χ1v) is 9.46. The Balaban J connectivity index is 1.39. The van der Waals surface area contributed by atoms with Crippen LogP contribution in [-0.2, 0) is 6.42 Å². The molecule has 130 valence electrons. The van der Waals surface area contributed by atoms with Crippen molar-refractivity contribution in [3.63, 3.8) is 0 Å². The lowest BCUT2D eigenvalue weighted by Gasteiger charge is -2.40. The summed E-state index contributed by atoms with van der Waals surface area (Å²) in [6, 6.07) is 9.26. The van der Waals surface area contributed by atoms with Gasteiger partial charge in [0.2, 0.25) is 0 Å². The van der Waals surface area contributed by atoms with Crippen molar-refractivity contribution in [1.82, 2.24) is 10.3 Å². The number of nitrogens with two attached hydrogens (primary N) is 1. The van der Waals surface area contributed by atoms with Crippen LogP contribution in [0.3, 0.4) is 0 Å². The van der Waals surface area contributed by atoms with Crippen molar-refractivity contribution < 1.29 is 0 Å². The number of fused-ring (bicyclic) bond motifs is 3. The van der Waals surface area contributed by atoms with Crippen LogP contribution in [0.4, 0.5) is 0 Å². The van der Waals surface area contributed by atoms with E-state index in [1.807, 2.05) is 0 Å². The number of H-pyrrole nitrogens is 1. The Morgan fingerprint density at radius 1 is 1.29 bits per heavy atom. The van der Waals surface area contributed by atoms with Crippen molar-refractivity contribution in [3.05, 3.63) is 36.0 Å². The van der Waals surface area contributed by atoms with Crippen LogP contribution in [0.25, 0.3) is 10.9 Å². The molecular formula is C21H31N3. The van der Waals surface area contributed by atoms with Gasteiger partial charge in [0.25, 0.3) is 0 Å². The molecule has 0 radical (unpaired) electrons. The largest absolute Gasteiger partial charge is 0.361 e. The van der Waals surface area contributed by atoms with Crippen molar-refractivity contribution in [1.29, 1.82) is 0 Å². The van der Waals surface area contributed by atoms with Crippen LogP contribution in [0.1, 0.15) is 45.6 Å². The first kappa shape index (κ1) is 16.2. The second kappa shape index (κ2) is 5.60. The maximum absolute atomic E-state index is 6.47. The minimum Gasteiger partial charge on any atom is -0.361 e. The summed E-state index contributed by atoms with van der Waals surface area (Å²) in [6.07, 6.45) is 7.13. The summed E-state index contributed by atoms with van der Waals surface area (Å²) in [7, 11) is 0. The van der Waals surface area contributed by atoms with Crippen LogP contribution >= 0.6 is 0 Å². The van der Waals surface area contributed by atoms with E-state index in [1.54, 1.807) is 0 Å². The lowest BCUT2D eigenvalue weighted by molar-refractivity contribution is 0.120. The van der Waals surface area contributed by atoms with E-state index in [0.29, 0.717) is 16.9 Å². The van der Waals surface area contributed by atoms with Crippen LogP contribution in [0.15, 0.2) is 30.5 Å². The number of rotatable bonds is 5. The highest BCUT2D eigenvalue weighted by molar-refractivity contribution is 5.83. The van der Waals surface area contributed by atoms with Gasteiger partial charge in [-0.3, -0.25) is 0 Å². The Kier molecular flexibility index (Phi) is 3.77. The van der Waals surface area contributed by atoms with Crippen LogP contribution in [0, 0.1) is 16.7 Å². The van der Waals surface area contributed by atoms with Gasteiger partial charge in [0.1, 0.15) is 0 Å². The molecule has 0 aliphatic heterocycles. The third-order valence-corrected chi connectivity index (χ3v) is 7.58. The molecular weight excluding hydrogens is 294 g/mol. The van der Waals surface area contributed by atoms with E-state index >= 15 is 0 Å². The van der Waals surface area contributed by atoms with Gasteiger partial charge in [-0.05, 0) is 54.1 Å². The highest BCUT2D eigenvalue weighted by Gasteiger charge is 2.60. The summed E-state index contributed by atoms with van der Waals surface area (Å²) >= 11 is 0. The molecule has 1 aromatic carbocycles. The summed E-state index contributed by atoms with van der Waals surface area (Å²) in [5.41, 5.74) is 9.90. The van der Waals surface area contributed by atoms with E-state index in [4.69, 9.17) is 5.73 Å². The molecule has 2 aliphatic carbocycles.